The second kappa shape index (κ2) is 6.50. The Hall–Kier alpha value is -0.650. The van der Waals surface area contributed by atoms with Gasteiger partial charge in [0.2, 0.25) is 0 Å². The molecule has 0 amide bonds. The Morgan fingerprint density at radius 1 is 1.50 bits per heavy atom. The molecule has 1 unspecified atom stereocenters. The molecule has 1 atom stereocenters. The van der Waals surface area contributed by atoms with E-state index in [1.54, 1.807) is 0 Å². The van der Waals surface area contributed by atoms with Crippen molar-refractivity contribution in [2.75, 3.05) is 46.8 Å². The van der Waals surface area contributed by atoms with E-state index in [0.29, 0.717) is 0 Å². The monoisotopic (exact) mass is 257 g/mol. The van der Waals surface area contributed by atoms with Crippen molar-refractivity contribution in [3.63, 3.8) is 0 Å². The predicted molar refractivity (Wildman–Crippen MR) is 72.8 cm³/mol. The van der Waals surface area contributed by atoms with Crippen molar-refractivity contribution in [1.82, 2.24) is 15.1 Å². The van der Waals surface area contributed by atoms with Gasteiger partial charge in [-0.2, -0.15) is 0 Å². The van der Waals surface area contributed by atoms with Gasteiger partial charge in [0.15, 0.2) is 0 Å². The molecular weight excluding hydrogens is 230 g/mol. The van der Waals surface area contributed by atoms with Crippen LogP contribution in [-0.4, -0.2) is 73.7 Å². The van der Waals surface area contributed by atoms with Crippen molar-refractivity contribution >= 4 is 5.97 Å². The first kappa shape index (κ1) is 15.4. The third kappa shape index (κ3) is 5.33. The Balaban J connectivity index is 2.68. The first-order chi connectivity index (χ1) is 8.30. The quantitative estimate of drug-likeness (QED) is 0.743. The maximum atomic E-state index is 11.0. The van der Waals surface area contributed by atoms with E-state index in [-0.39, 0.29) is 17.9 Å². The number of hydrogen-bond acceptors (Lipinski definition) is 4. The van der Waals surface area contributed by atoms with Crippen molar-refractivity contribution in [3.8, 4) is 0 Å². The molecule has 0 aliphatic carbocycles. The van der Waals surface area contributed by atoms with Crippen LogP contribution in [0.5, 0.6) is 0 Å². The van der Waals surface area contributed by atoms with E-state index in [1.165, 1.54) is 0 Å². The van der Waals surface area contributed by atoms with Crippen LogP contribution in [-0.2, 0) is 4.79 Å². The Labute approximate surface area is 110 Å². The van der Waals surface area contributed by atoms with Crippen LogP contribution in [0.3, 0.4) is 0 Å². The second-order valence-corrected chi connectivity index (χ2v) is 6.32. The number of likely N-dealkylation sites (N-methyl/N-ethyl adjacent to an activating group) is 1. The zero-order chi connectivity index (χ0) is 13.8. The molecule has 2 N–H and O–H groups in total. The molecule has 0 aromatic rings. The lowest BCUT2D eigenvalue weighted by molar-refractivity contribution is -0.138. The van der Waals surface area contributed by atoms with Crippen LogP contribution in [0.1, 0.15) is 20.3 Å². The average molecular weight is 257 g/mol. The zero-order valence-electron chi connectivity index (χ0n) is 12.1. The molecule has 1 saturated heterocycles. The molecule has 1 rings (SSSR count). The van der Waals surface area contributed by atoms with Crippen LogP contribution >= 0.6 is 0 Å². The lowest BCUT2D eigenvalue weighted by Crippen LogP contribution is -2.45. The van der Waals surface area contributed by atoms with Gasteiger partial charge in [-0.05, 0) is 19.5 Å². The predicted octanol–water partition coefficient (Wildman–Crippen LogP) is 0.323. The van der Waals surface area contributed by atoms with Gasteiger partial charge in [-0.15, -0.1) is 0 Å². The number of carbonyl (C=O) groups is 1. The summed E-state index contributed by atoms with van der Waals surface area (Å²) in [6, 6.07) is 0.101. The van der Waals surface area contributed by atoms with Gasteiger partial charge < -0.3 is 15.3 Å². The molecule has 1 aliphatic heterocycles. The Kier molecular flexibility index (Phi) is 5.56. The van der Waals surface area contributed by atoms with Gasteiger partial charge in [0, 0.05) is 38.8 Å². The van der Waals surface area contributed by atoms with Crippen LogP contribution < -0.4 is 5.32 Å². The third-order valence-electron chi connectivity index (χ3n) is 3.38. The SMILES string of the molecule is CN(C)CCN1CC(C)(C)CNCC1CC(=O)O. The molecule has 0 radical (unpaired) electrons. The van der Waals surface area contributed by atoms with Crippen LogP contribution in [0, 0.1) is 5.41 Å². The van der Waals surface area contributed by atoms with Crippen LogP contribution in [0.25, 0.3) is 0 Å². The molecule has 0 saturated carbocycles. The summed E-state index contributed by atoms with van der Waals surface area (Å²) in [5.74, 6) is -0.712. The summed E-state index contributed by atoms with van der Waals surface area (Å²) in [5, 5.41) is 12.4. The number of nitrogens with one attached hydrogen (secondary N) is 1. The van der Waals surface area contributed by atoms with E-state index in [9.17, 15) is 4.79 Å². The minimum Gasteiger partial charge on any atom is -0.481 e. The third-order valence-corrected chi connectivity index (χ3v) is 3.38. The fraction of sp³-hybridized carbons (Fsp3) is 0.923. The highest BCUT2D eigenvalue weighted by molar-refractivity contribution is 5.67. The number of rotatable bonds is 5. The summed E-state index contributed by atoms with van der Waals surface area (Å²) in [4.78, 5) is 15.4. The molecule has 1 aliphatic rings. The summed E-state index contributed by atoms with van der Waals surface area (Å²) in [6.45, 7) is 9.01. The normalized spacial score (nSPS) is 25.1. The number of hydrogen-bond donors (Lipinski definition) is 2. The van der Waals surface area contributed by atoms with Crippen molar-refractivity contribution in [2.24, 2.45) is 5.41 Å². The molecule has 0 bridgehead atoms. The summed E-state index contributed by atoms with van der Waals surface area (Å²) in [6.07, 6.45) is 0.219. The summed E-state index contributed by atoms with van der Waals surface area (Å²) in [5.41, 5.74) is 0.194. The van der Waals surface area contributed by atoms with E-state index in [2.05, 4.69) is 29.0 Å². The molecule has 18 heavy (non-hydrogen) atoms. The smallest absolute Gasteiger partial charge is 0.304 e. The number of nitrogens with zero attached hydrogens (tertiary/aromatic N) is 2. The van der Waals surface area contributed by atoms with Crippen molar-refractivity contribution < 1.29 is 9.90 Å². The molecule has 1 fully saturated rings. The van der Waals surface area contributed by atoms with Gasteiger partial charge in [0.1, 0.15) is 0 Å². The summed E-state index contributed by atoms with van der Waals surface area (Å²) < 4.78 is 0. The van der Waals surface area contributed by atoms with Crippen LogP contribution in [0.2, 0.25) is 0 Å². The molecule has 5 nitrogen and oxygen atoms in total. The largest absolute Gasteiger partial charge is 0.481 e. The maximum Gasteiger partial charge on any atom is 0.304 e. The zero-order valence-corrected chi connectivity index (χ0v) is 12.1. The van der Waals surface area contributed by atoms with E-state index >= 15 is 0 Å². The topological polar surface area (TPSA) is 55.8 Å². The molecule has 0 aromatic carbocycles. The van der Waals surface area contributed by atoms with Gasteiger partial charge >= 0.3 is 5.97 Å². The van der Waals surface area contributed by atoms with E-state index in [1.807, 2.05) is 14.1 Å². The van der Waals surface area contributed by atoms with Crippen molar-refractivity contribution in [3.05, 3.63) is 0 Å². The first-order valence-electron chi connectivity index (χ1n) is 6.61. The van der Waals surface area contributed by atoms with Crippen molar-refractivity contribution in [2.45, 2.75) is 26.3 Å². The lowest BCUT2D eigenvalue weighted by atomic mass is 9.93. The lowest BCUT2D eigenvalue weighted by Gasteiger charge is -2.34. The Morgan fingerprint density at radius 2 is 2.17 bits per heavy atom. The number of carboxylic acid groups (broad SMARTS) is 1. The Bertz CT molecular complexity index is 279. The molecule has 0 aromatic heterocycles. The minimum absolute atomic E-state index is 0.101. The fourth-order valence-corrected chi connectivity index (χ4v) is 2.43. The van der Waals surface area contributed by atoms with Crippen LogP contribution in [0.15, 0.2) is 0 Å². The van der Waals surface area contributed by atoms with E-state index in [0.717, 1.165) is 32.7 Å². The number of aliphatic carboxylic acids is 1. The molecule has 0 spiro atoms. The summed E-state index contributed by atoms with van der Waals surface area (Å²) in [7, 11) is 4.10. The van der Waals surface area contributed by atoms with Gasteiger partial charge in [0.25, 0.3) is 0 Å². The number of carboxylic acids is 1. The standard InChI is InChI=1S/C13H27N3O2/c1-13(2)9-14-8-11(7-12(17)18)16(10-13)6-5-15(3)4/h11,14H,5-10H2,1-4H3,(H,17,18). The van der Waals surface area contributed by atoms with Gasteiger partial charge in [-0.1, -0.05) is 13.8 Å². The molecular formula is C13H27N3O2. The minimum atomic E-state index is -0.712. The van der Waals surface area contributed by atoms with Gasteiger partial charge in [-0.3, -0.25) is 9.69 Å². The molecule has 5 heteroatoms. The second-order valence-electron chi connectivity index (χ2n) is 6.32. The average Bonchev–Trinajstić information content (AvgIpc) is 2.34. The molecule has 1 heterocycles. The Morgan fingerprint density at radius 3 is 2.72 bits per heavy atom. The van der Waals surface area contributed by atoms with E-state index < -0.39 is 5.97 Å². The first-order valence-corrected chi connectivity index (χ1v) is 6.61. The highest BCUT2D eigenvalue weighted by Gasteiger charge is 2.31. The van der Waals surface area contributed by atoms with E-state index in [4.69, 9.17) is 5.11 Å². The fourth-order valence-electron chi connectivity index (χ4n) is 2.43. The van der Waals surface area contributed by atoms with Gasteiger partial charge in [0.05, 0.1) is 6.42 Å². The van der Waals surface area contributed by atoms with Gasteiger partial charge in [-0.25, -0.2) is 0 Å². The van der Waals surface area contributed by atoms with Crippen LogP contribution in [0.4, 0.5) is 0 Å². The highest BCUT2D eigenvalue weighted by atomic mass is 16.4. The maximum absolute atomic E-state index is 11.0. The highest BCUT2D eigenvalue weighted by Crippen LogP contribution is 2.21. The summed E-state index contributed by atoms with van der Waals surface area (Å²) >= 11 is 0. The molecule has 106 valence electrons. The van der Waals surface area contributed by atoms with Crippen molar-refractivity contribution in [1.29, 1.82) is 0 Å².